The topological polar surface area (TPSA) is 106 Å². The Kier molecular flexibility index (Phi) is 8.89. The molecule has 49 heavy (non-hydrogen) atoms. The van der Waals surface area contributed by atoms with Crippen LogP contribution in [0.5, 0.6) is 0 Å². The number of hydrogen-bond donors (Lipinski definition) is 0. The Hall–Kier alpha value is -5.47. The van der Waals surface area contributed by atoms with Crippen molar-refractivity contribution in [3.05, 3.63) is 96.7 Å². The third-order valence-electron chi connectivity index (χ3n) is 9.10. The summed E-state index contributed by atoms with van der Waals surface area (Å²) < 4.78 is 7.35. The van der Waals surface area contributed by atoms with Crippen molar-refractivity contribution in [1.82, 2.24) is 29.4 Å². The molecule has 0 radical (unpaired) electrons. The molecule has 2 aliphatic heterocycles. The van der Waals surface area contributed by atoms with Crippen LogP contribution < -0.4 is 9.80 Å². The highest BCUT2D eigenvalue weighted by Crippen LogP contribution is 2.33. The lowest BCUT2D eigenvalue weighted by Gasteiger charge is -2.36. The number of amides is 1. The molecular formula is C38H41N9O2. The Morgan fingerprint density at radius 2 is 1.57 bits per heavy atom. The fourth-order valence-corrected chi connectivity index (χ4v) is 6.51. The van der Waals surface area contributed by atoms with Gasteiger partial charge in [0, 0.05) is 99.9 Å². The normalized spacial score (nSPS) is 15.8. The molecule has 7 rings (SSSR count). The summed E-state index contributed by atoms with van der Waals surface area (Å²) in [4.78, 5) is 30.7. The SMILES string of the molecule is CC(C)(C)OC(=O)N1CCN(c2ccc(-c3cc(-c4ccc(N5CCN(Cc6ccccn6)CC5)nc4)c4c(C#N)cnn4c3)cc2)CC1. The smallest absolute Gasteiger partial charge is 0.410 e. The molecule has 2 aliphatic rings. The third kappa shape index (κ3) is 7.20. The zero-order valence-corrected chi connectivity index (χ0v) is 28.3. The Labute approximate surface area is 287 Å². The van der Waals surface area contributed by atoms with Gasteiger partial charge in [-0.3, -0.25) is 9.88 Å². The van der Waals surface area contributed by atoms with Gasteiger partial charge in [0.1, 0.15) is 17.5 Å². The van der Waals surface area contributed by atoms with E-state index < -0.39 is 5.60 Å². The lowest BCUT2D eigenvalue weighted by molar-refractivity contribution is 0.0240. The lowest BCUT2D eigenvalue weighted by Crippen LogP contribution is -2.50. The van der Waals surface area contributed by atoms with Crippen LogP contribution in [0, 0.1) is 11.3 Å². The largest absolute Gasteiger partial charge is 0.444 e. The van der Waals surface area contributed by atoms with Crippen molar-refractivity contribution in [2.45, 2.75) is 32.9 Å². The average molecular weight is 656 g/mol. The summed E-state index contributed by atoms with van der Waals surface area (Å²) in [6, 6.07) is 23.1. The number of hydrogen-bond acceptors (Lipinski definition) is 9. The minimum Gasteiger partial charge on any atom is -0.444 e. The first kappa shape index (κ1) is 32.1. The van der Waals surface area contributed by atoms with Crippen molar-refractivity contribution < 1.29 is 9.53 Å². The summed E-state index contributed by atoms with van der Waals surface area (Å²) >= 11 is 0. The first-order chi connectivity index (χ1) is 23.7. The van der Waals surface area contributed by atoms with Crippen molar-refractivity contribution in [2.24, 2.45) is 0 Å². The molecule has 0 N–H and O–H groups in total. The maximum Gasteiger partial charge on any atom is 0.410 e. The number of ether oxygens (including phenoxy) is 1. The van der Waals surface area contributed by atoms with Gasteiger partial charge < -0.3 is 19.4 Å². The number of nitriles is 1. The number of fused-ring (bicyclic) bond motifs is 1. The summed E-state index contributed by atoms with van der Waals surface area (Å²) in [5, 5.41) is 14.4. The summed E-state index contributed by atoms with van der Waals surface area (Å²) in [6.45, 7) is 12.9. The molecule has 0 saturated carbocycles. The van der Waals surface area contributed by atoms with Crippen molar-refractivity contribution >= 4 is 23.1 Å². The molecule has 1 aromatic carbocycles. The minimum atomic E-state index is -0.503. The van der Waals surface area contributed by atoms with Crippen molar-refractivity contribution in [3.8, 4) is 28.3 Å². The number of carbonyl (C=O) groups excluding carboxylic acids is 1. The minimum absolute atomic E-state index is 0.257. The molecule has 250 valence electrons. The first-order valence-electron chi connectivity index (χ1n) is 16.8. The van der Waals surface area contributed by atoms with Crippen LogP contribution in [0.25, 0.3) is 27.8 Å². The molecule has 2 saturated heterocycles. The molecule has 0 atom stereocenters. The van der Waals surface area contributed by atoms with Crippen LogP contribution >= 0.6 is 0 Å². The number of nitrogens with zero attached hydrogens (tertiary/aromatic N) is 9. The van der Waals surface area contributed by atoms with Crippen molar-refractivity contribution in [3.63, 3.8) is 0 Å². The van der Waals surface area contributed by atoms with Gasteiger partial charge in [0.25, 0.3) is 0 Å². The van der Waals surface area contributed by atoms with E-state index in [1.165, 1.54) is 0 Å². The fourth-order valence-electron chi connectivity index (χ4n) is 6.51. The van der Waals surface area contributed by atoms with Gasteiger partial charge in [-0.15, -0.1) is 0 Å². The van der Waals surface area contributed by atoms with E-state index in [1.807, 2.05) is 51.5 Å². The van der Waals surface area contributed by atoms with E-state index in [-0.39, 0.29) is 6.09 Å². The second-order valence-electron chi connectivity index (χ2n) is 13.6. The van der Waals surface area contributed by atoms with Crippen LogP contribution in [-0.4, -0.2) is 93.4 Å². The van der Waals surface area contributed by atoms with E-state index in [0.717, 1.165) is 90.8 Å². The molecular weight excluding hydrogens is 614 g/mol. The zero-order chi connectivity index (χ0) is 34.0. The Balaban J connectivity index is 1.06. The van der Waals surface area contributed by atoms with E-state index >= 15 is 0 Å². The predicted molar refractivity (Wildman–Crippen MR) is 190 cm³/mol. The van der Waals surface area contributed by atoms with Crippen LogP contribution in [0.2, 0.25) is 0 Å². The fraction of sp³-hybridized carbons (Fsp3) is 0.342. The first-order valence-corrected chi connectivity index (χ1v) is 16.8. The van der Waals surface area contributed by atoms with E-state index in [9.17, 15) is 10.1 Å². The van der Waals surface area contributed by atoms with Crippen molar-refractivity contribution in [2.75, 3.05) is 62.2 Å². The van der Waals surface area contributed by atoms with Crippen LogP contribution in [0.1, 0.15) is 32.0 Å². The van der Waals surface area contributed by atoms with Gasteiger partial charge in [-0.05, 0) is 68.8 Å². The molecule has 0 spiro atoms. The number of piperazine rings is 2. The molecule has 0 bridgehead atoms. The summed E-state index contributed by atoms with van der Waals surface area (Å²) in [5.41, 5.74) is 6.86. The Bertz CT molecular complexity index is 1950. The molecule has 6 heterocycles. The van der Waals surface area contributed by atoms with E-state index in [2.05, 4.69) is 79.4 Å². The molecule has 11 nitrogen and oxygen atoms in total. The van der Waals surface area contributed by atoms with Gasteiger partial charge in [-0.25, -0.2) is 14.3 Å². The van der Waals surface area contributed by atoms with Crippen LogP contribution in [0.3, 0.4) is 0 Å². The van der Waals surface area contributed by atoms with Crippen molar-refractivity contribution in [1.29, 1.82) is 5.26 Å². The van der Waals surface area contributed by atoms with E-state index in [4.69, 9.17) is 9.72 Å². The number of aromatic nitrogens is 4. The predicted octanol–water partition coefficient (Wildman–Crippen LogP) is 5.71. The van der Waals surface area contributed by atoms with E-state index in [0.29, 0.717) is 18.7 Å². The van der Waals surface area contributed by atoms with Gasteiger partial charge in [0.2, 0.25) is 0 Å². The highest BCUT2D eigenvalue weighted by atomic mass is 16.6. The molecule has 0 aliphatic carbocycles. The van der Waals surface area contributed by atoms with Gasteiger partial charge in [0.05, 0.1) is 23.0 Å². The summed E-state index contributed by atoms with van der Waals surface area (Å²) in [6.07, 6.45) is 7.09. The van der Waals surface area contributed by atoms with Gasteiger partial charge in [-0.1, -0.05) is 18.2 Å². The quantitative estimate of drug-likeness (QED) is 0.228. The highest BCUT2D eigenvalue weighted by Gasteiger charge is 2.26. The molecule has 1 amide bonds. The van der Waals surface area contributed by atoms with Gasteiger partial charge in [-0.2, -0.15) is 10.4 Å². The van der Waals surface area contributed by atoms with Crippen LogP contribution in [0.15, 0.2) is 85.5 Å². The standard InChI is InChI=1S/C38H41N9O2/c1-38(2,3)49-37(48)46-20-18-44(19-21-46)33-10-7-28(8-11-33)30-22-34(36-31(23-39)25-42-47(36)26-30)29-9-12-35(41-24-29)45-16-14-43(15-17-45)27-32-6-4-5-13-40-32/h4-13,22,24-26H,14-21,27H2,1-3H3. The van der Waals surface area contributed by atoms with E-state index in [1.54, 1.807) is 15.6 Å². The molecule has 11 heteroatoms. The Morgan fingerprint density at radius 1 is 0.837 bits per heavy atom. The lowest BCUT2D eigenvalue weighted by atomic mass is 9.99. The number of rotatable bonds is 6. The molecule has 2 fully saturated rings. The van der Waals surface area contributed by atoms with Crippen LogP contribution in [0.4, 0.5) is 16.3 Å². The Morgan fingerprint density at radius 3 is 2.22 bits per heavy atom. The maximum absolute atomic E-state index is 12.5. The molecule has 4 aromatic heterocycles. The molecule has 5 aromatic rings. The second-order valence-corrected chi connectivity index (χ2v) is 13.6. The molecule has 0 unspecified atom stereocenters. The average Bonchev–Trinajstić information content (AvgIpc) is 3.55. The third-order valence-corrected chi connectivity index (χ3v) is 9.10. The monoisotopic (exact) mass is 655 g/mol. The maximum atomic E-state index is 12.5. The van der Waals surface area contributed by atoms with Crippen LogP contribution in [-0.2, 0) is 11.3 Å². The second kappa shape index (κ2) is 13.6. The summed E-state index contributed by atoms with van der Waals surface area (Å²) in [5.74, 6) is 0.949. The highest BCUT2D eigenvalue weighted by molar-refractivity contribution is 5.87. The zero-order valence-electron chi connectivity index (χ0n) is 28.3. The number of carbonyl (C=O) groups is 1. The summed E-state index contributed by atoms with van der Waals surface area (Å²) in [7, 11) is 0. The van der Waals surface area contributed by atoms with Gasteiger partial charge in [0.15, 0.2) is 0 Å². The van der Waals surface area contributed by atoms with Gasteiger partial charge >= 0.3 is 6.09 Å². The number of pyridine rings is 3. The number of benzene rings is 1. The number of anilines is 2.